The van der Waals surface area contributed by atoms with Crippen LogP contribution in [-0.4, -0.2) is 100.0 Å². The van der Waals surface area contributed by atoms with E-state index in [1.54, 1.807) is 21.9 Å². The molecule has 0 N–H and O–H groups in total. The molecular weight excluding hydrogens is 731 g/mol. The van der Waals surface area contributed by atoms with E-state index in [1.807, 2.05) is 64.1 Å². The molecule has 3 heterocycles. The molecule has 0 unspecified atom stereocenters. The summed E-state index contributed by atoms with van der Waals surface area (Å²) in [4.78, 5) is 26.4. The highest BCUT2D eigenvalue weighted by molar-refractivity contribution is 7.91. The fraction of sp³-hybridized carbons (Fsp3) is 0.459. The Morgan fingerprint density at radius 1 is 0.941 bits per heavy atom. The number of nitrogens with zero attached hydrogens (tertiary/aromatic N) is 4. The quantitative estimate of drug-likeness (QED) is 0.276. The Morgan fingerprint density at radius 3 is 2.10 bits per heavy atom. The lowest BCUT2D eigenvalue weighted by atomic mass is 9.70. The number of benzene rings is 3. The first kappa shape index (κ1) is 37.6. The molecular formula is C37H44Cl2N4O6S2. The predicted molar refractivity (Wildman–Crippen MR) is 202 cm³/mol. The van der Waals surface area contributed by atoms with Gasteiger partial charge in [0.1, 0.15) is 32.5 Å². The summed E-state index contributed by atoms with van der Waals surface area (Å²) in [5.74, 6) is 0.918. The van der Waals surface area contributed by atoms with Crippen LogP contribution in [-0.2, 0) is 30.8 Å². The van der Waals surface area contributed by atoms with Gasteiger partial charge in [-0.2, -0.15) is 0 Å². The smallest absolute Gasteiger partial charge is 0.326 e. The standard InChI is InChI=1S/C37H44Cl2N4O6S2/c1-6-49-32-24-31(39)33(50(5,45)46)23-30(32)34-40-36(3,26-9-7-25(2)8-10-26)37(4,27-11-13-28(38)14-12-27)43(34)35(44)42-19-17-41(18-20-42)29-15-21-51(47,48)22-16-29/h7-14,23-24,29H,6,15-22H2,1-5H3/t36-,37+/m0/s1. The fourth-order valence-corrected chi connectivity index (χ4v) is 10.5. The molecule has 0 radical (unpaired) electrons. The number of rotatable bonds is 7. The predicted octanol–water partition coefficient (Wildman–Crippen LogP) is 6.31. The van der Waals surface area contributed by atoms with Crippen molar-refractivity contribution in [1.82, 2.24) is 14.7 Å². The highest BCUT2D eigenvalue weighted by atomic mass is 35.5. The molecule has 3 aromatic rings. The third-order valence-corrected chi connectivity index (χ3v) is 14.3. The summed E-state index contributed by atoms with van der Waals surface area (Å²) < 4.78 is 56.3. The van der Waals surface area contributed by atoms with Crippen molar-refractivity contribution in [1.29, 1.82) is 0 Å². The Morgan fingerprint density at radius 2 is 1.53 bits per heavy atom. The number of ether oxygens (including phenoxy) is 1. The lowest BCUT2D eigenvalue weighted by Gasteiger charge is -2.48. The number of sulfone groups is 2. The topological polar surface area (TPSA) is 117 Å². The van der Waals surface area contributed by atoms with Gasteiger partial charge in [0, 0.05) is 49.6 Å². The van der Waals surface area contributed by atoms with Crippen LogP contribution < -0.4 is 4.74 Å². The highest BCUT2D eigenvalue weighted by Gasteiger charge is 2.60. The number of hydrogen-bond acceptors (Lipinski definition) is 8. The molecule has 0 aromatic heterocycles. The molecule has 0 spiro atoms. The molecule has 2 fully saturated rings. The van der Waals surface area contributed by atoms with Crippen LogP contribution in [0.4, 0.5) is 4.79 Å². The molecule has 6 rings (SSSR count). The Balaban J connectivity index is 1.52. The van der Waals surface area contributed by atoms with Gasteiger partial charge in [0.05, 0.1) is 33.6 Å². The molecule has 3 aromatic carbocycles. The Hall–Kier alpha value is -3.16. The molecule has 2 saturated heterocycles. The average Bonchev–Trinajstić information content (AvgIpc) is 3.32. The second kappa shape index (κ2) is 14.0. The van der Waals surface area contributed by atoms with Gasteiger partial charge in [0.25, 0.3) is 0 Å². The van der Waals surface area contributed by atoms with Gasteiger partial charge in [-0.05, 0) is 69.9 Å². The van der Waals surface area contributed by atoms with E-state index in [4.69, 9.17) is 32.9 Å². The molecule has 14 heteroatoms. The van der Waals surface area contributed by atoms with Crippen molar-refractivity contribution in [3.8, 4) is 5.75 Å². The number of aryl methyl sites for hydroxylation is 1. The van der Waals surface area contributed by atoms with Crippen molar-refractivity contribution in [3.63, 3.8) is 0 Å². The summed E-state index contributed by atoms with van der Waals surface area (Å²) in [7, 11) is -6.78. The third-order valence-electron chi connectivity index (χ3n) is 10.7. The Labute approximate surface area is 311 Å². The Kier molecular flexibility index (Phi) is 10.3. The number of piperazine rings is 1. The summed E-state index contributed by atoms with van der Waals surface area (Å²) in [6.07, 6.45) is 2.26. The minimum absolute atomic E-state index is 0.00886. The van der Waals surface area contributed by atoms with E-state index in [2.05, 4.69) is 4.90 Å². The zero-order chi connectivity index (χ0) is 36.9. The molecule has 274 valence electrons. The zero-order valence-electron chi connectivity index (χ0n) is 29.5. The molecule has 0 aliphatic carbocycles. The molecule has 2 atom stereocenters. The first-order valence-electron chi connectivity index (χ1n) is 17.1. The van der Waals surface area contributed by atoms with Crippen LogP contribution in [0.25, 0.3) is 0 Å². The number of carbonyl (C=O) groups is 1. The molecule has 0 bridgehead atoms. The van der Waals surface area contributed by atoms with Gasteiger partial charge in [-0.1, -0.05) is 65.2 Å². The normalized spacial score (nSPS) is 24.4. The van der Waals surface area contributed by atoms with Crippen molar-refractivity contribution in [2.75, 3.05) is 50.5 Å². The molecule has 51 heavy (non-hydrogen) atoms. The van der Waals surface area contributed by atoms with Gasteiger partial charge >= 0.3 is 6.03 Å². The van der Waals surface area contributed by atoms with Gasteiger partial charge in [0.15, 0.2) is 9.84 Å². The maximum absolute atomic E-state index is 15.3. The van der Waals surface area contributed by atoms with E-state index >= 15 is 4.79 Å². The van der Waals surface area contributed by atoms with E-state index < -0.39 is 30.8 Å². The summed E-state index contributed by atoms with van der Waals surface area (Å²) in [5.41, 5.74) is 0.789. The van der Waals surface area contributed by atoms with E-state index in [-0.39, 0.29) is 45.9 Å². The average molecular weight is 776 g/mol. The molecule has 2 amide bonds. The molecule has 10 nitrogen and oxygen atoms in total. The SMILES string of the molecule is CCOc1cc(Cl)c(S(C)(=O)=O)cc1C1=N[C@@](C)(c2ccc(C)cc2)[C@@](C)(c2ccc(Cl)cc2)N1C(=O)N1CCN(C2CCS(=O)(=O)CC2)CC1. The fourth-order valence-electron chi connectivity index (χ4n) is 7.60. The molecule has 3 aliphatic heterocycles. The summed E-state index contributed by atoms with van der Waals surface area (Å²) in [5, 5.41) is 0.548. The van der Waals surface area contributed by atoms with Crippen LogP contribution in [0.2, 0.25) is 10.0 Å². The zero-order valence-corrected chi connectivity index (χ0v) is 32.7. The maximum atomic E-state index is 15.3. The van der Waals surface area contributed by atoms with Crippen LogP contribution in [0.5, 0.6) is 5.75 Å². The van der Waals surface area contributed by atoms with Crippen LogP contribution in [0.15, 0.2) is 70.6 Å². The minimum Gasteiger partial charge on any atom is -0.493 e. The van der Waals surface area contributed by atoms with Gasteiger partial charge < -0.3 is 9.64 Å². The highest BCUT2D eigenvalue weighted by Crippen LogP contribution is 2.54. The second-order valence-electron chi connectivity index (χ2n) is 14.0. The van der Waals surface area contributed by atoms with Crippen molar-refractivity contribution in [2.45, 2.75) is 62.6 Å². The maximum Gasteiger partial charge on any atom is 0.326 e. The van der Waals surface area contributed by atoms with E-state index in [0.717, 1.165) is 22.9 Å². The van der Waals surface area contributed by atoms with Crippen molar-refractivity contribution in [3.05, 3.63) is 93.0 Å². The monoisotopic (exact) mass is 774 g/mol. The van der Waals surface area contributed by atoms with Crippen LogP contribution in [0, 0.1) is 6.92 Å². The van der Waals surface area contributed by atoms with Crippen molar-refractivity contribution >= 4 is 54.7 Å². The van der Waals surface area contributed by atoms with Crippen molar-refractivity contribution in [2.24, 2.45) is 4.99 Å². The van der Waals surface area contributed by atoms with Crippen LogP contribution in [0.3, 0.4) is 0 Å². The van der Waals surface area contributed by atoms with Crippen LogP contribution in [0.1, 0.15) is 55.9 Å². The second-order valence-corrected chi connectivity index (χ2v) is 19.1. The molecule has 3 aliphatic rings. The minimum atomic E-state index is -3.79. The first-order chi connectivity index (χ1) is 24.0. The summed E-state index contributed by atoms with van der Waals surface area (Å²) in [6, 6.07) is 18.2. The Bertz CT molecular complexity index is 2050. The summed E-state index contributed by atoms with van der Waals surface area (Å²) in [6.45, 7) is 10.1. The van der Waals surface area contributed by atoms with Gasteiger partial charge in [-0.3, -0.25) is 14.8 Å². The third kappa shape index (κ3) is 7.02. The van der Waals surface area contributed by atoms with Crippen molar-refractivity contribution < 1.29 is 26.4 Å². The summed E-state index contributed by atoms with van der Waals surface area (Å²) >= 11 is 12.9. The molecule has 0 saturated carbocycles. The number of amides is 2. The lowest BCUT2D eigenvalue weighted by molar-refractivity contribution is 0.0720. The van der Waals surface area contributed by atoms with E-state index in [1.165, 1.54) is 12.1 Å². The number of amidine groups is 1. The van der Waals surface area contributed by atoms with Crippen LogP contribution >= 0.6 is 23.2 Å². The number of aliphatic imine (C=N–C) groups is 1. The van der Waals surface area contributed by atoms with E-state index in [0.29, 0.717) is 55.4 Å². The first-order valence-corrected chi connectivity index (χ1v) is 21.6. The largest absolute Gasteiger partial charge is 0.493 e. The number of halogens is 2. The van der Waals surface area contributed by atoms with Gasteiger partial charge in [-0.15, -0.1) is 0 Å². The number of urea groups is 1. The number of carbonyl (C=O) groups excluding carboxylic acids is 1. The van der Waals surface area contributed by atoms with Gasteiger partial charge in [-0.25, -0.2) is 21.6 Å². The van der Waals surface area contributed by atoms with E-state index in [9.17, 15) is 16.8 Å². The lowest BCUT2D eigenvalue weighted by Crippen LogP contribution is -2.61. The van der Waals surface area contributed by atoms with Gasteiger partial charge in [0.2, 0.25) is 0 Å². The number of hydrogen-bond donors (Lipinski definition) is 0.